The van der Waals surface area contributed by atoms with Gasteiger partial charge in [0.25, 0.3) is 0 Å². The van der Waals surface area contributed by atoms with E-state index >= 15 is 0 Å². The van der Waals surface area contributed by atoms with Crippen LogP contribution in [0.25, 0.3) is 0 Å². The Hall–Kier alpha value is -0.820. The molecule has 0 amide bonds. The van der Waals surface area contributed by atoms with Gasteiger partial charge in [0.15, 0.2) is 0 Å². The minimum atomic E-state index is 0.250. The van der Waals surface area contributed by atoms with Crippen molar-refractivity contribution >= 4 is 0 Å². The lowest BCUT2D eigenvalue weighted by Gasteiger charge is -2.22. The number of nitrogens with one attached hydrogen (secondary N) is 1. The molecule has 1 N–H and O–H groups in total. The zero-order valence-corrected chi connectivity index (χ0v) is 13.9. The van der Waals surface area contributed by atoms with Gasteiger partial charge in [-0.25, -0.2) is 0 Å². The van der Waals surface area contributed by atoms with Crippen molar-refractivity contribution in [1.82, 2.24) is 5.32 Å². The molecule has 1 aliphatic rings. The van der Waals surface area contributed by atoms with E-state index in [1.165, 1.54) is 30.4 Å². The third kappa shape index (κ3) is 3.63. The number of benzene rings is 1. The van der Waals surface area contributed by atoms with E-state index in [-0.39, 0.29) is 5.41 Å². The summed E-state index contributed by atoms with van der Waals surface area (Å²) in [5, 5.41) is 3.77. The van der Waals surface area contributed by atoms with Crippen LogP contribution in [0.5, 0.6) is 0 Å². The average molecular weight is 273 g/mol. The molecule has 0 aliphatic heterocycles. The summed E-state index contributed by atoms with van der Waals surface area (Å²) in [7, 11) is 0. The Labute approximate surface area is 125 Å². The lowest BCUT2D eigenvalue weighted by Crippen LogP contribution is -2.32. The summed E-state index contributed by atoms with van der Waals surface area (Å²) in [5.74, 6) is 1.75. The highest BCUT2D eigenvalue weighted by molar-refractivity contribution is 5.27. The summed E-state index contributed by atoms with van der Waals surface area (Å²) in [4.78, 5) is 0. The van der Waals surface area contributed by atoms with E-state index in [1.807, 2.05) is 0 Å². The van der Waals surface area contributed by atoms with Gasteiger partial charge < -0.3 is 5.32 Å². The number of hydrogen-bond donors (Lipinski definition) is 1. The Bertz CT molecular complexity index is 412. The molecule has 0 radical (unpaired) electrons. The van der Waals surface area contributed by atoms with Crippen LogP contribution in [0, 0.1) is 11.8 Å². The molecule has 1 aromatic rings. The SMILES string of the molecule is CCC1CCC(NCc2ccc(C(C)(C)C)cc2)C1C. The van der Waals surface area contributed by atoms with E-state index in [2.05, 4.69) is 64.2 Å². The third-order valence-electron chi connectivity index (χ3n) is 5.14. The highest BCUT2D eigenvalue weighted by Crippen LogP contribution is 2.34. The molecule has 3 atom stereocenters. The fourth-order valence-corrected chi connectivity index (χ4v) is 3.48. The lowest BCUT2D eigenvalue weighted by molar-refractivity contribution is 0.344. The molecular weight excluding hydrogens is 242 g/mol. The summed E-state index contributed by atoms with van der Waals surface area (Å²) >= 11 is 0. The van der Waals surface area contributed by atoms with Crippen molar-refractivity contribution in [2.75, 3.05) is 0 Å². The molecule has 1 aliphatic carbocycles. The first-order valence-corrected chi connectivity index (χ1v) is 8.24. The Morgan fingerprint density at radius 1 is 1.10 bits per heavy atom. The van der Waals surface area contributed by atoms with Gasteiger partial charge in [-0.3, -0.25) is 0 Å². The Kier molecular flexibility index (Phi) is 4.90. The van der Waals surface area contributed by atoms with Crippen LogP contribution >= 0.6 is 0 Å². The molecular formula is C19H31N. The molecule has 0 heterocycles. The first-order chi connectivity index (χ1) is 9.41. The second-order valence-corrected chi connectivity index (χ2v) is 7.54. The summed E-state index contributed by atoms with van der Waals surface area (Å²) in [5.41, 5.74) is 3.08. The molecule has 0 spiro atoms. The van der Waals surface area contributed by atoms with Crippen LogP contribution in [0.4, 0.5) is 0 Å². The van der Waals surface area contributed by atoms with Crippen LogP contribution in [0.2, 0.25) is 0 Å². The van der Waals surface area contributed by atoms with Crippen molar-refractivity contribution in [3.8, 4) is 0 Å². The fraction of sp³-hybridized carbons (Fsp3) is 0.684. The fourth-order valence-electron chi connectivity index (χ4n) is 3.48. The van der Waals surface area contributed by atoms with Crippen molar-refractivity contribution in [2.45, 2.75) is 71.9 Å². The maximum atomic E-state index is 3.77. The Morgan fingerprint density at radius 3 is 2.25 bits per heavy atom. The van der Waals surface area contributed by atoms with E-state index in [4.69, 9.17) is 0 Å². The molecule has 0 bridgehead atoms. The highest BCUT2D eigenvalue weighted by Gasteiger charge is 2.30. The van der Waals surface area contributed by atoms with Crippen LogP contribution in [-0.4, -0.2) is 6.04 Å². The molecule has 1 aromatic carbocycles. The topological polar surface area (TPSA) is 12.0 Å². The standard InChI is InChI=1S/C19H31N/c1-6-16-9-12-18(14(16)2)20-13-15-7-10-17(11-8-15)19(3,4)5/h7-8,10-11,14,16,18,20H,6,9,12-13H2,1-5H3. The predicted molar refractivity (Wildman–Crippen MR) is 87.9 cm³/mol. The van der Waals surface area contributed by atoms with Crippen molar-refractivity contribution < 1.29 is 0 Å². The summed E-state index contributed by atoms with van der Waals surface area (Å²) in [6.45, 7) is 12.6. The lowest BCUT2D eigenvalue weighted by atomic mass is 9.87. The van der Waals surface area contributed by atoms with Gasteiger partial charge in [0.1, 0.15) is 0 Å². The van der Waals surface area contributed by atoms with Gasteiger partial charge in [-0.15, -0.1) is 0 Å². The molecule has 0 saturated heterocycles. The zero-order chi connectivity index (χ0) is 14.8. The molecule has 20 heavy (non-hydrogen) atoms. The highest BCUT2D eigenvalue weighted by atomic mass is 14.9. The predicted octanol–water partition coefficient (Wildman–Crippen LogP) is 4.90. The maximum absolute atomic E-state index is 3.77. The van der Waals surface area contributed by atoms with E-state index in [0.717, 1.165) is 18.4 Å². The molecule has 0 aromatic heterocycles. The minimum absolute atomic E-state index is 0.250. The minimum Gasteiger partial charge on any atom is -0.310 e. The van der Waals surface area contributed by atoms with E-state index in [0.29, 0.717) is 6.04 Å². The molecule has 1 heteroatoms. The van der Waals surface area contributed by atoms with Gasteiger partial charge in [-0.05, 0) is 41.2 Å². The van der Waals surface area contributed by atoms with Gasteiger partial charge >= 0.3 is 0 Å². The van der Waals surface area contributed by atoms with Crippen molar-refractivity contribution in [3.63, 3.8) is 0 Å². The quantitative estimate of drug-likeness (QED) is 0.823. The second-order valence-electron chi connectivity index (χ2n) is 7.54. The third-order valence-corrected chi connectivity index (χ3v) is 5.14. The smallest absolute Gasteiger partial charge is 0.0208 e. The first-order valence-electron chi connectivity index (χ1n) is 8.24. The van der Waals surface area contributed by atoms with Crippen LogP contribution in [0.3, 0.4) is 0 Å². The molecule has 1 nitrogen and oxygen atoms in total. The van der Waals surface area contributed by atoms with Gasteiger partial charge in [0.2, 0.25) is 0 Å². The van der Waals surface area contributed by atoms with Crippen LogP contribution in [0.15, 0.2) is 24.3 Å². The van der Waals surface area contributed by atoms with Crippen LogP contribution in [0.1, 0.15) is 65.0 Å². The van der Waals surface area contributed by atoms with Crippen LogP contribution in [-0.2, 0) is 12.0 Å². The molecule has 112 valence electrons. The number of hydrogen-bond acceptors (Lipinski definition) is 1. The molecule has 1 fully saturated rings. The molecule has 3 unspecified atom stereocenters. The summed E-state index contributed by atoms with van der Waals surface area (Å²) in [6.07, 6.45) is 4.08. The molecule has 1 saturated carbocycles. The molecule has 2 rings (SSSR count). The normalized spacial score (nSPS) is 26.9. The Balaban J connectivity index is 1.89. The van der Waals surface area contributed by atoms with Gasteiger partial charge in [0.05, 0.1) is 0 Å². The second kappa shape index (κ2) is 6.30. The van der Waals surface area contributed by atoms with Crippen molar-refractivity contribution in [1.29, 1.82) is 0 Å². The summed E-state index contributed by atoms with van der Waals surface area (Å²) < 4.78 is 0. The van der Waals surface area contributed by atoms with Gasteiger partial charge in [-0.1, -0.05) is 65.3 Å². The van der Waals surface area contributed by atoms with Crippen molar-refractivity contribution in [3.05, 3.63) is 35.4 Å². The number of rotatable bonds is 4. The van der Waals surface area contributed by atoms with Gasteiger partial charge in [0, 0.05) is 12.6 Å². The summed E-state index contributed by atoms with van der Waals surface area (Å²) in [6, 6.07) is 9.84. The van der Waals surface area contributed by atoms with E-state index < -0.39 is 0 Å². The van der Waals surface area contributed by atoms with Crippen molar-refractivity contribution in [2.24, 2.45) is 11.8 Å². The monoisotopic (exact) mass is 273 g/mol. The maximum Gasteiger partial charge on any atom is 0.0208 e. The first kappa shape index (κ1) is 15.6. The van der Waals surface area contributed by atoms with E-state index in [1.54, 1.807) is 0 Å². The average Bonchev–Trinajstić information content (AvgIpc) is 2.76. The van der Waals surface area contributed by atoms with Crippen LogP contribution < -0.4 is 5.32 Å². The Morgan fingerprint density at radius 2 is 1.75 bits per heavy atom. The zero-order valence-electron chi connectivity index (χ0n) is 13.9. The largest absolute Gasteiger partial charge is 0.310 e. The van der Waals surface area contributed by atoms with E-state index in [9.17, 15) is 0 Å². The van der Waals surface area contributed by atoms with Gasteiger partial charge in [-0.2, -0.15) is 0 Å².